The van der Waals surface area contributed by atoms with Gasteiger partial charge in [-0.25, -0.2) is 4.98 Å². The first-order valence-corrected chi connectivity index (χ1v) is 10.6. The van der Waals surface area contributed by atoms with Crippen LogP contribution in [-0.4, -0.2) is 42.4 Å². The second kappa shape index (κ2) is 8.28. The van der Waals surface area contributed by atoms with E-state index in [9.17, 15) is 19.8 Å². The molecule has 1 aliphatic rings. The number of nitrogens with one attached hydrogen (secondary N) is 1. The van der Waals surface area contributed by atoms with Crippen LogP contribution in [0.25, 0.3) is 22.4 Å². The first-order chi connectivity index (χ1) is 14.7. The second-order valence-electron chi connectivity index (χ2n) is 8.58. The largest absolute Gasteiger partial charge is 0.480 e. The Morgan fingerprint density at radius 2 is 2.06 bits per heavy atom. The van der Waals surface area contributed by atoms with E-state index < -0.39 is 18.1 Å². The summed E-state index contributed by atoms with van der Waals surface area (Å²) in [6.07, 6.45) is 3.21. The number of aliphatic hydroxyl groups is 1. The molecule has 0 saturated heterocycles. The van der Waals surface area contributed by atoms with Gasteiger partial charge in [-0.15, -0.1) is 0 Å². The van der Waals surface area contributed by atoms with Crippen molar-refractivity contribution in [1.29, 1.82) is 0 Å². The summed E-state index contributed by atoms with van der Waals surface area (Å²) in [6.45, 7) is 4.45. The summed E-state index contributed by atoms with van der Waals surface area (Å²) < 4.78 is 3.79. The van der Waals surface area contributed by atoms with Crippen molar-refractivity contribution in [2.24, 2.45) is 13.0 Å². The lowest BCUT2D eigenvalue weighted by atomic mass is 10.1. The van der Waals surface area contributed by atoms with Crippen LogP contribution < -0.4 is 10.9 Å². The third-order valence-electron chi connectivity index (χ3n) is 5.85. The normalized spacial score (nSPS) is 15.9. The van der Waals surface area contributed by atoms with Gasteiger partial charge in [-0.2, -0.15) is 0 Å². The number of aliphatic hydroxyl groups excluding tert-OH is 1. The lowest BCUT2D eigenvalue weighted by Gasteiger charge is -2.17. The Balaban J connectivity index is 1.73. The quantitative estimate of drug-likeness (QED) is 0.511. The highest BCUT2D eigenvalue weighted by Gasteiger charge is 2.26. The van der Waals surface area contributed by atoms with Crippen LogP contribution in [0.3, 0.4) is 0 Å². The van der Waals surface area contributed by atoms with E-state index in [0.29, 0.717) is 18.0 Å². The van der Waals surface area contributed by atoms with Crippen LogP contribution in [-0.2, 0) is 24.9 Å². The number of carboxylic acid groups (broad SMARTS) is 1. The number of pyridine rings is 1. The third kappa shape index (κ3) is 4.40. The van der Waals surface area contributed by atoms with Crippen LogP contribution in [0.4, 0.5) is 0 Å². The van der Waals surface area contributed by atoms with E-state index in [4.69, 9.17) is 4.98 Å². The van der Waals surface area contributed by atoms with Gasteiger partial charge in [0.2, 0.25) is 0 Å². The monoisotopic (exact) mass is 424 g/mol. The average molecular weight is 425 g/mol. The van der Waals surface area contributed by atoms with Crippen LogP contribution in [0.5, 0.6) is 0 Å². The van der Waals surface area contributed by atoms with Crippen LogP contribution >= 0.6 is 0 Å². The molecule has 8 heteroatoms. The number of hydrogen-bond donors (Lipinski definition) is 3. The molecule has 2 heterocycles. The molecule has 164 valence electrons. The average Bonchev–Trinajstić information content (AvgIpc) is 3.46. The molecular formula is C23H28N4O4. The smallest absolute Gasteiger partial charge is 0.323 e. The molecule has 1 aromatic carbocycles. The Morgan fingerprint density at radius 1 is 1.32 bits per heavy atom. The molecule has 1 aliphatic carbocycles. The summed E-state index contributed by atoms with van der Waals surface area (Å²) in [5, 5.41) is 21.9. The summed E-state index contributed by atoms with van der Waals surface area (Å²) >= 11 is 0. The molecule has 0 bridgehead atoms. The molecule has 0 amide bonds. The number of carbonyl (C=O) groups is 1. The molecule has 1 fully saturated rings. The number of rotatable bonds is 8. The summed E-state index contributed by atoms with van der Waals surface area (Å²) in [5.74, 6) is 0.374. The summed E-state index contributed by atoms with van der Waals surface area (Å²) in [5.41, 5.74) is 4.31. The third-order valence-corrected chi connectivity index (χ3v) is 5.85. The van der Waals surface area contributed by atoms with Gasteiger partial charge in [0, 0.05) is 37.5 Å². The van der Waals surface area contributed by atoms with Crippen molar-refractivity contribution in [3.05, 3.63) is 51.9 Å². The maximum Gasteiger partial charge on any atom is 0.323 e. The van der Waals surface area contributed by atoms with E-state index in [1.54, 1.807) is 11.6 Å². The van der Waals surface area contributed by atoms with Crippen molar-refractivity contribution < 1.29 is 15.0 Å². The zero-order valence-corrected chi connectivity index (χ0v) is 18.0. The zero-order valence-electron chi connectivity index (χ0n) is 18.0. The van der Waals surface area contributed by atoms with Crippen molar-refractivity contribution in [2.45, 2.75) is 51.9 Å². The maximum atomic E-state index is 12.1. The van der Waals surface area contributed by atoms with E-state index in [1.165, 1.54) is 19.8 Å². The second-order valence-corrected chi connectivity index (χ2v) is 8.58. The molecule has 3 N–H and O–H groups in total. The van der Waals surface area contributed by atoms with Crippen molar-refractivity contribution in [3.63, 3.8) is 0 Å². The molecule has 1 saturated carbocycles. The number of imidazole rings is 1. The first kappa shape index (κ1) is 21.3. The predicted molar refractivity (Wildman–Crippen MR) is 118 cm³/mol. The molecule has 0 radical (unpaired) electrons. The van der Waals surface area contributed by atoms with Gasteiger partial charge in [0.1, 0.15) is 11.9 Å². The minimum absolute atomic E-state index is 0.0203. The van der Waals surface area contributed by atoms with Crippen molar-refractivity contribution >= 4 is 17.0 Å². The van der Waals surface area contributed by atoms with E-state index in [1.807, 2.05) is 37.4 Å². The predicted octanol–water partition coefficient (Wildman–Crippen LogP) is 2.04. The zero-order chi connectivity index (χ0) is 22.3. The molecule has 0 aliphatic heterocycles. The molecule has 3 aromatic rings. The van der Waals surface area contributed by atoms with Crippen molar-refractivity contribution in [2.75, 3.05) is 0 Å². The highest BCUT2D eigenvalue weighted by atomic mass is 16.4. The van der Waals surface area contributed by atoms with Gasteiger partial charge in [-0.3, -0.25) is 14.9 Å². The Kier molecular flexibility index (Phi) is 5.68. The summed E-state index contributed by atoms with van der Waals surface area (Å²) in [7, 11) is 1.75. The minimum Gasteiger partial charge on any atom is -0.480 e. The number of aromatic nitrogens is 3. The van der Waals surface area contributed by atoms with E-state index >= 15 is 0 Å². The lowest BCUT2D eigenvalue weighted by Crippen LogP contribution is -2.44. The summed E-state index contributed by atoms with van der Waals surface area (Å²) in [6, 6.07) is 6.73. The molecule has 2 atom stereocenters. The molecule has 4 rings (SSSR count). The van der Waals surface area contributed by atoms with E-state index in [0.717, 1.165) is 34.5 Å². The topological polar surface area (TPSA) is 109 Å². The van der Waals surface area contributed by atoms with Crippen LogP contribution in [0.1, 0.15) is 30.9 Å². The fourth-order valence-electron chi connectivity index (χ4n) is 3.93. The first-order valence-electron chi connectivity index (χ1n) is 10.6. The van der Waals surface area contributed by atoms with Crippen LogP contribution in [0.2, 0.25) is 0 Å². The van der Waals surface area contributed by atoms with Crippen molar-refractivity contribution in [3.8, 4) is 11.4 Å². The lowest BCUT2D eigenvalue weighted by molar-refractivity contribution is -0.142. The number of fused-ring (bicyclic) bond motifs is 1. The van der Waals surface area contributed by atoms with Gasteiger partial charge in [0.25, 0.3) is 5.56 Å². The molecule has 2 aromatic heterocycles. The van der Waals surface area contributed by atoms with Gasteiger partial charge in [0.05, 0.1) is 17.1 Å². The number of carboxylic acids is 1. The number of nitrogens with zero attached hydrogens (tertiary/aromatic N) is 3. The molecule has 31 heavy (non-hydrogen) atoms. The molecular weight excluding hydrogens is 396 g/mol. The fraction of sp³-hybridized carbons (Fsp3) is 0.435. The Morgan fingerprint density at radius 3 is 2.68 bits per heavy atom. The SMILES string of the molecule is Cc1cc(-c2nc3ccc(CNC(C(=O)O)C(C)O)cc3n2CC2CC2)cn(C)c1=O. The fourth-order valence-corrected chi connectivity index (χ4v) is 3.93. The Bertz CT molecular complexity index is 1160. The number of aryl methyl sites for hydroxylation is 2. The van der Waals surface area contributed by atoms with E-state index in [2.05, 4.69) is 9.88 Å². The molecule has 8 nitrogen and oxygen atoms in total. The maximum absolute atomic E-state index is 12.1. The highest BCUT2D eigenvalue weighted by Crippen LogP contribution is 2.34. The number of hydrogen-bond acceptors (Lipinski definition) is 5. The Hall–Kier alpha value is -2.97. The van der Waals surface area contributed by atoms with Gasteiger partial charge in [-0.05, 0) is 56.4 Å². The van der Waals surface area contributed by atoms with Crippen molar-refractivity contribution in [1.82, 2.24) is 19.4 Å². The number of benzene rings is 1. The van der Waals surface area contributed by atoms with E-state index in [-0.39, 0.29) is 5.56 Å². The summed E-state index contributed by atoms with van der Waals surface area (Å²) in [4.78, 5) is 28.3. The Labute approximate surface area is 180 Å². The minimum atomic E-state index is -1.08. The van der Waals surface area contributed by atoms with Crippen LogP contribution in [0, 0.1) is 12.8 Å². The molecule has 0 spiro atoms. The standard InChI is InChI=1S/C23H28N4O4/c1-13-8-17(12-26(3)22(13)29)21-25-18-7-6-16(10-24-20(14(2)28)23(30)31)9-19(18)27(21)11-15-4-5-15/h6-9,12,14-15,20,24,28H,4-5,10-11H2,1-3H3,(H,30,31). The van der Waals surface area contributed by atoms with Crippen LogP contribution in [0.15, 0.2) is 35.3 Å². The highest BCUT2D eigenvalue weighted by molar-refractivity contribution is 5.81. The number of aliphatic carboxylic acids is 1. The van der Waals surface area contributed by atoms with Gasteiger partial charge in [-0.1, -0.05) is 6.07 Å². The molecule has 2 unspecified atom stereocenters. The van der Waals surface area contributed by atoms with Gasteiger partial charge >= 0.3 is 5.97 Å². The van der Waals surface area contributed by atoms with Gasteiger partial charge < -0.3 is 19.3 Å². The van der Waals surface area contributed by atoms with Gasteiger partial charge in [0.15, 0.2) is 0 Å².